The number of carbonyl (C=O) groups excluding carboxylic acids is 1. The molecule has 2 N–H and O–H groups in total. The van der Waals surface area contributed by atoms with E-state index in [0.717, 1.165) is 52.9 Å². The highest BCUT2D eigenvalue weighted by molar-refractivity contribution is 5.85. The lowest BCUT2D eigenvalue weighted by atomic mass is 9.91. The van der Waals surface area contributed by atoms with Crippen LogP contribution in [-0.4, -0.2) is 25.5 Å². The van der Waals surface area contributed by atoms with E-state index < -0.39 is 0 Å². The third-order valence-corrected chi connectivity index (χ3v) is 5.69. The average Bonchev–Trinajstić information content (AvgIpc) is 3.30. The minimum absolute atomic E-state index is 0.0292. The van der Waals surface area contributed by atoms with E-state index in [2.05, 4.69) is 20.5 Å². The van der Waals surface area contributed by atoms with Crippen molar-refractivity contribution in [1.29, 1.82) is 0 Å². The van der Waals surface area contributed by atoms with Crippen LogP contribution < -0.4 is 5.32 Å². The zero-order valence-electron chi connectivity index (χ0n) is 16.0. The van der Waals surface area contributed by atoms with Crippen LogP contribution in [0.1, 0.15) is 48.8 Å². The molecule has 0 spiro atoms. The zero-order valence-corrected chi connectivity index (χ0v) is 16.0. The van der Waals surface area contributed by atoms with Gasteiger partial charge in [-0.25, -0.2) is 4.39 Å². The lowest BCUT2D eigenvalue weighted by Gasteiger charge is -2.23. The Morgan fingerprint density at radius 3 is 3.14 bits per heavy atom. The summed E-state index contributed by atoms with van der Waals surface area (Å²) in [6.45, 7) is 0. The van der Waals surface area contributed by atoms with E-state index in [9.17, 15) is 9.18 Å². The summed E-state index contributed by atoms with van der Waals surface area (Å²) in [7, 11) is 0. The van der Waals surface area contributed by atoms with Crippen LogP contribution in [-0.2, 0) is 17.6 Å². The van der Waals surface area contributed by atoms with Gasteiger partial charge in [0, 0.05) is 35.6 Å². The molecule has 29 heavy (non-hydrogen) atoms. The number of amides is 1. The van der Waals surface area contributed by atoms with Gasteiger partial charge in [-0.15, -0.1) is 10.2 Å². The average molecular weight is 391 g/mol. The molecule has 7 heteroatoms. The maximum atomic E-state index is 13.6. The minimum Gasteiger partial charge on any atom is -0.356 e. The fourth-order valence-corrected chi connectivity index (χ4v) is 4.31. The molecule has 0 aliphatic heterocycles. The lowest BCUT2D eigenvalue weighted by molar-refractivity contribution is -0.122. The molecule has 1 aliphatic rings. The number of hydrogen-bond acceptors (Lipinski definition) is 3. The first-order valence-electron chi connectivity index (χ1n) is 10.1. The van der Waals surface area contributed by atoms with E-state index in [0.29, 0.717) is 19.3 Å². The second kappa shape index (κ2) is 7.31. The molecule has 0 saturated carbocycles. The Kier molecular flexibility index (Phi) is 4.50. The molecule has 1 aromatic carbocycles. The predicted octanol–water partition coefficient (Wildman–Crippen LogP) is 3.87. The van der Waals surface area contributed by atoms with Crippen molar-refractivity contribution in [1.82, 2.24) is 24.9 Å². The molecule has 1 atom stereocenters. The summed E-state index contributed by atoms with van der Waals surface area (Å²) in [5, 5.41) is 12.4. The SMILES string of the molecule is O=C(CCCc1nnc2ccccn12)NC1CCCc2c1[nH]c1ccc(F)cc21. The van der Waals surface area contributed by atoms with Gasteiger partial charge in [0.25, 0.3) is 0 Å². The summed E-state index contributed by atoms with van der Waals surface area (Å²) < 4.78 is 15.6. The van der Waals surface area contributed by atoms with Crippen molar-refractivity contribution in [3.05, 3.63) is 65.5 Å². The van der Waals surface area contributed by atoms with Gasteiger partial charge in [-0.05, 0) is 61.6 Å². The summed E-state index contributed by atoms with van der Waals surface area (Å²) in [5.41, 5.74) is 3.90. The number of halogens is 1. The van der Waals surface area contributed by atoms with Crippen molar-refractivity contribution in [3.63, 3.8) is 0 Å². The van der Waals surface area contributed by atoms with Gasteiger partial charge in [-0.1, -0.05) is 6.07 Å². The second-order valence-electron chi connectivity index (χ2n) is 7.62. The molecule has 0 bridgehead atoms. The summed E-state index contributed by atoms with van der Waals surface area (Å²) in [6.07, 6.45) is 6.55. The Hall–Kier alpha value is -3.22. The van der Waals surface area contributed by atoms with E-state index >= 15 is 0 Å². The maximum Gasteiger partial charge on any atom is 0.220 e. The van der Waals surface area contributed by atoms with Gasteiger partial charge in [0.1, 0.15) is 11.6 Å². The number of rotatable bonds is 5. The topological polar surface area (TPSA) is 75.1 Å². The number of nitrogens with one attached hydrogen (secondary N) is 2. The molecule has 0 radical (unpaired) electrons. The van der Waals surface area contributed by atoms with Crippen molar-refractivity contribution >= 4 is 22.5 Å². The molecule has 5 rings (SSSR count). The molecule has 3 aromatic heterocycles. The number of carbonyl (C=O) groups is 1. The standard InChI is InChI=1S/C22H22FN5O/c23-14-10-11-17-16(13-14)15-5-3-6-18(22(15)25-17)24-21(29)9-4-8-20-27-26-19-7-1-2-12-28(19)20/h1-2,7,10-13,18,25H,3-6,8-9H2,(H,24,29). The largest absolute Gasteiger partial charge is 0.356 e. The van der Waals surface area contributed by atoms with Gasteiger partial charge in [0.2, 0.25) is 5.91 Å². The molecule has 1 amide bonds. The Bertz CT molecular complexity index is 1190. The number of hydrogen-bond donors (Lipinski definition) is 2. The summed E-state index contributed by atoms with van der Waals surface area (Å²) in [6, 6.07) is 10.6. The number of nitrogens with zero attached hydrogens (tertiary/aromatic N) is 3. The molecular formula is C22H22FN5O. The Balaban J connectivity index is 1.24. The van der Waals surface area contributed by atoms with Crippen LogP contribution in [0.25, 0.3) is 16.6 Å². The highest BCUT2D eigenvalue weighted by Crippen LogP contribution is 2.35. The number of fused-ring (bicyclic) bond motifs is 4. The van der Waals surface area contributed by atoms with Gasteiger partial charge in [-0.3, -0.25) is 9.20 Å². The van der Waals surface area contributed by atoms with Crippen LogP contribution in [0.3, 0.4) is 0 Å². The number of aryl methyl sites for hydroxylation is 2. The van der Waals surface area contributed by atoms with Crippen molar-refractivity contribution in [2.24, 2.45) is 0 Å². The Morgan fingerprint density at radius 1 is 1.28 bits per heavy atom. The van der Waals surface area contributed by atoms with E-state index in [1.165, 1.54) is 6.07 Å². The first-order valence-corrected chi connectivity index (χ1v) is 10.1. The Morgan fingerprint density at radius 2 is 2.21 bits per heavy atom. The van der Waals surface area contributed by atoms with Crippen LogP contribution in [0.4, 0.5) is 4.39 Å². The van der Waals surface area contributed by atoms with Crippen molar-refractivity contribution in [2.45, 2.75) is 44.6 Å². The molecule has 6 nitrogen and oxygen atoms in total. The third kappa shape index (κ3) is 3.37. The lowest BCUT2D eigenvalue weighted by Crippen LogP contribution is -2.30. The summed E-state index contributed by atoms with van der Waals surface area (Å²) in [5.74, 6) is 0.666. The van der Waals surface area contributed by atoms with Gasteiger partial charge in [0.15, 0.2) is 5.65 Å². The van der Waals surface area contributed by atoms with Crippen molar-refractivity contribution in [2.75, 3.05) is 0 Å². The number of benzene rings is 1. The van der Waals surface area contributed by atoms with Gasteiger partial charge < -0.3 is 10.3 Å². The van der Waals surface area contributed by atoms with E-state index in [1.807, 2.05) is 28.8 Å². The smallest absolute Gasteiger partial charge is 0.220 e. The zero-order chi connectivity index (χ0) is 19.8. The van der Waals surface area contributed by atoms with Gasteiger partial charge >= 0.3 is 0 Å². The number of pyridine rings is 1. The van der Waals surface area contributed by atoms with Gasteiger partial charge in [-0.2, -0.15) is 0 Å². The van der Waals surface area contributed by atoms with Crippen molar-refractivity contribution in [3.8, 4) is 0 Å². The molecule has 0 fully saturated rings. The summed E-state index contributed by atoms with van der Waals surface area (Å²) >= 11 is 0. The molecule has 4 aromatic rings. The first-order chi connectivity index (χ1) is 14.2. The molecule has 148 valence electrons. The summed E-state index contributed by atoms with van der Waals surface area (Å²) in [4.78, 5) is 15.9. The first kappa shape index (κ1) is 17.8. The van der Waals surface area contributed by atoms with E-state index in [4.69, 9.17) is 0 Å². The van der Waals surface area contributed by atoms with Crippen LogP contribution in [0.5, 0.6) is 0 Å². The van der Waals surface area contributed by atoms with Crippen molar-refractivity contribution < 1.29 is 9.18 Å². The number of aromatic nitrogens is 4. The monoisotopic (exact) mass is 391 g/mol. The fourth-order valence-electron chi connectivity index (χ4n) is 4.31. The molecular weight excluding hydrogens is 369 g/mol. The second-order valence-corrected chi connectivity index (χ2v) is 7.62. The molecule has 1 unspecified atom stereocenters. The molecule has 3 heterocycles. The van der Waals surface area contributed by atoms with Crippen LogP contribution in [0.2, 0.25) is 0 Å². The van der Waals surface area contributed by atoms with E-state index in [-0.39, 0.29) is 17.8 Å². The van der Waals surface area contributed by atoms with Gasteiger partial charge in [0.05, 0.1) is 6.04 Å². The maximum absolute atomic E-state index is 13.6. The molecule has 0 saturated heterocycles. The minimum atomic E-state index is -0.230. The number of H-pyrrole nitrogens is 1. The number of aromatic amines is 1. The van der Waals surface area contributed by atoms with Crippen LogP contribution in [0.15, 0.2) is 42.6 Å². The van der Waals surface area contributed by atoms with Crippen LogP contribution in [0, 0.1) is 5.82 Å². The normalized spacial score (nSPS) is 16.2. The highest BCUT2D eigenvalue weighted by atomic mass is 19.1. The molecule has 1 aliphatic carbocycles. The quantitative estimate of drug-likeness (QED) is 0.542. The third-order valence-electron chi connectivity index (χ3n) is 5.69. The van der Waals surface area contributed by atoms with E-state index in [1.54, 1.807) is 12.1 Å². The Labute approximate surface area is 167 Å². The van der Waals surface area contributed by atoms with Crippen LogP contribution >= 0.6 is 0 Å². The fraction of sp³-hybridized carbons (Fsp3) is 0.318. The predicted molar refractivity (Wildman–Crippen MR) is 108 cm³/mol. The highest BCUT2D eigenvalue weighted by Gasteiger charge is 2.25.